The zero-order chi connectivity index (χ0) is 10.6. The van der Waals surface area contributed by atoms with Crippen LogP contribution in [0.15, 0.2) is 0 Å². The van der Waals surface area contributed by atoms with Gasteiger partial charge in [-0.15, -0.1) is 0 Å². The summed E-state index contributed by atoms with van der Waals surface area (Å²) in [6.07, 6.45) is 2.71. The highest BCUT2D eigenvalue weighted by Gasteiger charge is 2.26. The summed E-state index contributed by atoms with van der Waals surface area (Å²) in [6.45, 7) is 3.63. The molecule has 0 radical (unpaired) electrons. The largest absolute Gasteiger partial charge is 0.377 e. The second kappa shape index (κ2) is 5.06. The minimum atomic E-state index is -3.53. The van der Waals surface area contributed by atoms with Gasteiger partial charge in [0.05, 0.1) is 6.10 Å². The molecule has 0 saturated carbocycles. The smallest absolute Gasteiger partial charge is 0.276 e. The SMILES string of the molecule is CCCOC1CCCN(S(N)(=O)=O)C1. The van der Waals surface area contributed by atoms with Gasteiger partial charge < -0.3 is 4.74 Å². The Balaban J connectivity index is 2.44. The van der Waals surface area contributed by atoms with Crippen molar-refractivity contribution in [2.75, 3.05) is 19.7 Å². The van der Waals surface area contributed by atoms with Gasteiger partial charge in [0.25, 0.3) is 10.2 Å². The van der Waals surface area contributed by atoms with Crippen LogP contribution in [0.4, 0.5) is 0 Å². The molecule has 1 saturated heterocycles. The molecular weight excluding hydrogens is 204 g/mol. The summed E-state index contributed by atoms with van der Waals surface area (Å²) in [7, 11) is -3.53. The minimum Gasteiger partial charge on any atom is -0.377 e. The van der Waals surface area contributed by atoms with E-state index >= 15 is 0 Å². The van der Waals surface area contributed by atoms with Gasteiger partial charge in [-0.25, -0.2) is 5.14 Å². The fourth-order valence-corrected chi connectivity index (χ4v) is 2.31. The van der Waals surface area contributed by atoms with Gasteiger partial charge in [-0.05, 0) is 19.3 Å². The van der Waals surface area contributed by atoms with Crippen molar-refractivity contribution in [3.8, 4) is 0 Å². The van der Waals surface area contributed by atoms with E-state index in [1.54, 1.807) is 0 Å². The summed E-state index contributed by atoms with van der Waals surface area (Å²) in [4.78, 5) is 0. The lowest BCUT2D eigenvalue weighted by molar-refractivity contribution is 0.0193. The number of hydrogen-bond acceptors (Lipinski definition) is 3. The summed E-state index contributed by atoms with van der Waals surface area (Å²) in [5.41, 5.74) is 0. The summed E-state index contributed by atoms with van der Waals surface area (Å²) >= 11 is 0. The summed E-state index contributed by atoms with van der Waals surface area (Å²) in [6, 6.07) is 0. The molecule has 0 aromatic rings. The Morgan fingerprint density at radius 3 is 2.86 bits per heavy atom. The Labute approximate surface area is 85.4 Å². The van der Waals surface area contributed by atoms with Gasteiger partial charge in [-0.1, -0.05) is 6.92 Å². The molecule has 6 heteroatoms. The lowest BCUT2D eigenvalue weighted by atomic mass is 10.1. The average Bonchev–Trinajstić information content (AvgIpc) is 2.14. The van der Waals surface area contributed by atoms with Crippen molar-refractivity contribution < 1.29 is 13.2 Å². The van der Waals surface area contributed by atoms with E-state index < -0.39 is 10.2 Å². The van der Waals surface area contributed by atoms with Crippen LogP contribution in [0.1, 0.15) is 26.2 Å². The summed E-state index contributed by atoms with van der Waals surface area (Å²) in [5, 5.41) is 5.04. The lowest BCUT2D eigenvalue weighted by Gasteiger charge is -2.30. The monoisotopic (exact) mass is 222 g/mol. The molecule has 1 unspecified atom stereocenters. The topological polar surface area (TPSA) is 72.6 Å². The maximum Gasteiger partial charge on any atom is 0.276 e. The van der Waals surface area contributed by atoms with E-state index in [-0.39, 0.29) is 6.10 Å². The highest BCUT2D eigenvalue weighted by atomic mass is 32.2. The molecule has 0 aromatic heterocycles. The minimum absolute atomic E-state index is 0.0158. The Kier molecular flexibility index (Phi) is 4.31. The van der Waals surface area contributed by atoms with Crippen LogP contribution in [0.3, 0.4) is 0 Å². The van der Waals surface area contributed by atoms with Gasteiger partial charge in [-0.2, -0.15) is 12.7 Å². The molecule has 1 fully saturated rings. The molecule has 1 aliphatic rings. The van der Waals surface area contributed by atoms with Crippen LogP contribution in [0.25, 0.3) is 0 Å². The molecule has 0 spiro atoms. The van der Waals surface area contributed by atoms with Gasteiger partial charge in [0, 0.05) is 19.7 Å². The quantitative estimate of drug-likeness (QED) is 0.732. The number of hydrogen-bond donors (Lipinski definition) is 1. The fraction of sp³-hybridized carbons (Fsp3) is 1.00. The van der Waals surface area contributed by atoms with Crippen molar-refractivity contribution >= 4 is 10.2 Å². The van der Waals surface area contributed by atoms with Gasteiger partial charge in [-0.3, -0.25) is 0 Å². The zero-order valence-electron chi connectivity index (χ0n) is 8.48. The van der Waals surface area contributed by atoms with Crippen LogP contribution >= 0.6 is 0 Å². The van der Waals surface area contributed by atoms with Gasteiger partial charge in [0.1, 0.15) is 0 Å². The predicted octanol–water partition coefficient (Wildman–Crippen LogP) is 0.0809. The van der Waals surface area contributed by atoms with Gasteiger partial charge >= 0.3 is 0 Å². The van der Waals surface area contributed by atoms with E-state index in [0.717, 1.165) is 19.3 Å². The number of nitrogens with zero attached hydrogens (tertiary/aromatic N) is 1. The molecule has 0 aromatic carbocycles. The van der Waals surface area contributed by atoms with Crippen LogP contribution in [0, 0.1) is 0 Å². The Hall–Kier alpha value is -0.170. The molecule has 0 aliphatic carbocycles. The normalized spacial score (nSPS) is 25.1. The van der Waals surface area contributed by atoms with E-state index in [0.29, 0.717) is 19.7 Å². The first-order chi connectivity index (χ1) is 6.54. The number of nitrogens with two attached hydrogens (primary N) is 1. The van der Waals surface area contributed by atoms with Crippen molar-refractivity contribution in [1.82, 2.24) is 4.31 Å². The Morgan fingerprint density at radius 2 is 2.29 bits per heavy atom. The third-order valence-electron chi connectivity index (χ3n) is 2.26. The molecule has 14 heavy (non-hydrogen) atoms. The van der Waals surface area contributed by atoms with E-state index in [4.69, 9.17) is 9.88 Å². The molecule has 84 valence electrons. The van der Waals surface area contributed by atoms with Crippen molar-refractivity contribution in [2.45, 2.75) is 32.3 Å². The third kappa shape index (κ3) is 3.53. The molecule has 2 N–H and O–H groups in total. The van der Waals surface area contributed by atoms with E-state index in [1.807, 2.05) is 6.92 Å². The highest BCUT2D eigenvalue weighted by molar-refractivity contribution is 7.86. The van der Waals surface area contributed by atoms with Gasteiger partial charge in [0.15, 0.2) is 0 Å². The van der Waals surface area contributed by atoms with Crippen LogP contribution in [0.2, 0.25) is 0 Å². The number of ether oxygens (including phenoxy) is 1. The van der Waals surface area contributed by atoms with E-state index in [2.05, 4.69) is 0 Å². The molecule has 1 aliphatic heterocycles. The van der Waals surface area contributed by atoms with Crippen molar-refractivity contribution in [1.29, 1.82) is 0 Å². The predicted molar refractivity (Wildman–Crippen MR) is 53.9 cm³/mol. The highest BCUT2D eigenvalue weighted by Crippen LogP contribution is 2.14. The Bertz CT molecular complexity index is 266. The van der Waals surface area contributed by atoms with E-state index in [9.17, 15) is 8.42 Å². The maximum atomic E-state index is 11.1. The molecular formula is C8H18N2O3S. The zero-order valence-corrected chi connectivity index (χ0v) is 9.29. The van der Waals surface area contributed by atoms with Crippen LogP contribution in [-0.2, 0) is 14.9 Å². The molecule has 1 rings (SSSR count). The first-order valence-corrected chi connectivity index (χ1v) is 6.44. The van der Waals surface area contributed by atoms with E-state index in [1.165, 1.54) is 4.31 Å². The Morgan fingerprint density at radius 1 is 1.57 bits per heavy atom. The summed E-state index contributed by atoms with van der Waals surface area (Å²) < 4.78 is 28.9. The summed E-state index contributed by atoms with van der Waals surface area (Å²) in [5.74, 6) is 0. The lowest BCUT2D eigenvalue weighted by Crippen LogP contribution is -2.46. The standard InChI is InChI=1S/C8H18N2O3S/c1-2-6-13-8-4-3-5-10(7-8)14(9,11)12/h8H,2-7H2,1H3,(H2,9,11,12). The molecule has 1 heterocycles. The van der Waals surface area contributed by atoms with Crippen molar-refractivity contribution in [3.63, 3.8) is 0 Å². The second-order valence-corrected chi connectivity index (χ2v) is 5.08. The first-order valence-electron chi connectivity index (χ1n) is 4.93. The fourth-order valence-electron chi connectivity index (χ4n) is 1.56. The molecule has 1 atom stereocenters. The van der Waals surface area contributed by atoms with Crippen LogP contribution in [0.5, 0.6) is 0 Å². The van der Waals surface area contributed by atoms with Gasteiger partial charge in [0.2, 0.25) is 0 Å². The molecule has 0 amide bonds. The van der Waals surface area contributed by atoms with Crippen LogP contribution < -0.4 is 5.14 Å². The molecule has 5 nitrogen and oxygen atoms in total. The number of piperidine rings is 1. The third-order valence-corrected chi connectivity index (χ3v) is 3.31. The first kappa shape index (κ1) is 11.9. The average molecular weight is 222 g/mol. The molecule has 0 bridgehead atoms. The van der Waals surface area contributed by atoms with Crippen molar-refractivity contribution in [2.24, 2.45) is 5.14 Å². The van der Waals surface area contributed by atoms with Crippen LogP contribution in [-0.4, -0.2) is 38.5 Å². The van der Waals surface area contributed by atoms with Crippen molar-refractivity contribution in [3.05, 3.63) is 0 Å². The maximum absolute atomic E-state index is 11.1. The number of rotatable bonds is 4. The second-order valence-electron chi connectivity index (χ2n) is 3.54.